The Kier molecular flexibility index (Phi) is 5.28. The van der Waals surface area contributed by atoms with Crippen LogP contribution in [0.3, 0.4) is 0 Å². The summed E-state index contributed by atoms with van der Waals surface area (Å²) in [5, 5.41) is 0.852. The molecule has 0 aromatic carbocycles. The highest BCUT2D eigenvalue weighted by Crippen LogP contribution is 2.20. The average Bonchev–Trinajstić information content (AvgIpc) is 2.27. The molecule has 0 amide bonds. The fraction of sp³-hybridized carbons (Fsp3) is 0.455. The van der Waals surface area contributed by atoms with E-state index in [0.29, 0.717) is 18.9 Å². The highest BCUT2D eigenvalue weighted by atomic mass is 32.2. The molecule has 0 unspecified atom stereocenters. The Hall–Kier alpha value is -1.07. The van der Waals surface area contributed by atoms with Gasteiger partial charge in [0.15, 0.2) is 0 Å². The van der Waals surface area contributed by atoms with Gasteiger partial charge in [0, 0.05) is 12.7 Å². The van der Waals surface area contributed by atoms with Crippen LogP contribution in [0.2, 0.25) is 0 Å². The van der Waals surface area contributed by atoms with Gasteiger partial charge in [-0.2, -0.15) is 0 Å². The summed E-state index contributed by atoms with van der Waals surface area (Å²) in [7, 11) is 0. The molecule has 16 heavy (non-hydrogen) atoms. The van der Waals surface area contributed by atoms with E-state index in [9.17, 15) is 4.79 Å². The van der Waals surface area contributed by atoms with E-state index in [4.69, 9.17) is 10.5 Å². The molecular formula is C11H16N2O2S. The number of nitrogens with two attached hydrogens (primary N) is 1. The van der Waals surface area contributed by atoms with Crippen LogP contribution in [0.4, 0.5) is 0 Å². The van der Waals surface area contributed by atoms with Crippen molar-refractivity contribution in [1.82, 2.24) is 4.98 Å². The third-order valence-corrected chi connectivity index (χ3v) is 3.04. The molecular weight excluding hydrogens is 224 g/mol. The van der Waals surface area contributed by atoms with Crippen LogP contribution in [0.1, 0.15) is 18.1 Å². The summed E-state index contributed by atoms with van der Waals surface area (Å²) in [6.07, 6.45) is 1.74. The van der Waals surface area contributed by atoms with Crippen LogP contribution in [0, 0.1) is 6.92 Å². The number of hydrogen-bond acceptors (Lipinski definition) is 5. The lowest BCUT2D eigenvalue weighted by Gasteiger charge is -2.05. The first-order chi connectivity index (χ1) is 7.67. The number of carbonyl (C=O) groups excluding carboxylic acids is 1. The van der Waals surface area contributed by atoms with Crippen molar-refractivity contribution in [2.45, 2.75) is 25.4 Å². The number of nitrogens with zero attached hydrogens (tertiary/aromatic N) is 1. The van der Waals surface area contributed by atoms with E-state index in [1.54, 1.807) is 13.1 Å². The van der Waals surface area contributed by atoms with Crippen molar-refractivity contribution in [1.29, 1.82) is 0 Å². The average molecular weight is 240 g/mol. The molecule has 0 aliphatic carbocycles. The highest BCUT2D eigenvalue weighted by Gasteiger charge is 2.06. The largest absolute Gasteiger partial charge is 0.465 e. The number of thioether (sulfide) groups is 1. The number of hydrogen-bond donors (Lipinski definition) is 1. The Morgan fingerprint density at radius 3 is 2.94 bits per heavy atom. The van der Waals surface area contributed by atoms with E-state index in [2.05, 4.69) is 4.98 Å². The number of pyridine rings is 1. The third-order valence-electron chi connectivity index (χ3n) is 1.95. The SMILES string of the molecule is CCOC(=O)CSc1ncc(CN)cc1C. The van der Waals surface area contributed by atoms with Gasteiger partial charge < -0.3 is 10.5 Å². The lowest BCUT2D eigenvalue weighted by Crippen LogP contribution is -2.07. The zero-order valence-corrected chi connectivity index (χ0v) is 10.3. The van der Waals surface area contributed by atoms with E-state index in [1.807, 2.05) is 13.0 Å². The van der Waals surface area contributed by atoms with Crippen LogP contribution < -0.4 is 5.73 Å². The zero-order chi connectivity index (χ0) is 12.0. The van der Waals surface area contributed by atoms with Gasteiger partial charge in [0.25, 0.3) is 0 Å². The number of aromatic nitrogens is 1. The van der Waals surface area contributed by atoms with E-state index in [1.165, 1.54) is 11.8 Å². The molecule has 0 aliphatic heterocycles. The number of carbonyl (C=O) groups is 1. The lowest BCUT2D eigenvalue weighted by atomic mass is 10.2. The molecule has 1 heterocycles. The van der Waals surface area contributed by atoms with E-state index >= 15 is 0 Å². The van der Waals surface area contributed by atoms with Gasteiger partial charge in [-0.05, 0) is 25.0 Å². The second-order valence-corrected chi connectivity index (χ2v) is 4.23. The van der Waals surface area contributed by atoms with Crippen molar-refractivity contribution in [2.75, 3.05) is 12.4 Å². The molecule has 0 bridgehead atoms. The van der Waals surface area contributed by atoms with Crippen molar-refractivity contribution in [3.63, 3.8) is 0 Å². The molecule has 88 valence electrons. The van der Waals surface area contributed by atoms with Gasteiger partial charge in [0.1, 0.15) is 0 Å². The Labute approximate surface area is 99.6 Å². The normalized spacial score (nSPS) is 10.2. The summed E-state index contributed by atoms with van der Waals surface area (Å²) in [5.41, 5.74) is 7.55. The first kappa shape index (κ1) is 13.0. The maximum atomic E-state index is 11.2. The quantitative estimate of drug-likeness (QED) is 0.624. The molecule has 5 heteroatoms. The number of aryl methyl sites for hydroxylation is 1. The third kappa shape index (κ3) is 3.83. The summed E-state index contributed by atoms with van der Waals surface area (Å²) < 4.78 is 4.84. The Balaban J connectivity index is 2.57. The molecule has 0 fully saturated rings. The molecule has 0 saturated carbocycles. The number of ether oxygens (including phenoxy) is 1. The Morgan fingerprint density at radius 1 is 1.62 bits per heavy atom. The summed E-state index contributed by atoms with van der Waals surface area (Å²) in [4.78, 5) is 15.4. The van der Waals surface area contributed by atoms with E-state index in [0.717, 1.165) is 16.2 Å². The standard InChI is InChI=1S/C11H16N2O2S/c1-3-15-10(14)7-16-11-8(2)4-9(5-12)6-13-11/h4,6H,3,5,7,12H2,1-2H3. The van der Waals surface area contributed by atoms with Crippen LogP contribution in [-0.4, -0.2) is 23.3 Å². The molecule has 0 radical (unpaired) electrons. The minimum absolute atomic E-state index is 0.211. The summed E-state index contributed by atoms with van der Waals surface area (Å²) in [6.45, 7) is 4.65. The monoisotopic (exact) mass is 240 g/mol. The minimum atomic E-state index is -0.211. The minimum Gasteiger partial charge on any atom is -0.465 e. The van der Waals surface area contributed by atoms with Crippen LogP contribution in [0.25, 0.3) is 0 Å². The fourth-order valence-electron chi connectivity index (χ4n) is 1.21. The van der Waals surface area contributed by atoms with Gasteiger partial charge in [-0.15, -0.1) is 0 Å². The molecule has 0 aliphatic rings. The highest BCUT2D eigenvalue weighted by molar-refractivity contribution is 7.99. The number of rotatable bonds is 5. The Morgan fingerprint density at radius 2 is 2.38 bits per heavy atom. The van der Waals surface area contributed by atoms with Gasteiger partial charge in [0.2, 0.25) is 0 Å². The van der Waals surface area contributed by atoms with Crippen molar-refractivity contribution < 1.29 is 9.53 Å². The predicted octanol–water partition coefficient (Wildman–Crippen LogP) is 1.50. The zero-order valence-electron chi connectivity index (χ0n) is 9.53. The summed E-state index contributed by atoms with van der Waals surface area (Å²) in [5.74, 6) is 0.0838. The first-order valence-corrected chi connectivity index (χ1v) is 6.10. The maximum absolute atomic E-state index is 11.2. The van der Waals surface area contributed by atoms with Crippen molar-refractivity contribution in [3.05, 3.63) is 23.4 Å². The molecule has 0 spiro atoms. The van der Waals surface area contributed by atoms with Gasteiger partial charge in [-0.3, -0.25) is 4.79 Å². The van der Waals surface area contributed by atoms with E-state index < -0.39 is 0 Å². The van der Waals surface area contributed by atoms with E-state index in [-0.39, 0.29) is 5.97 Å². The molecule has 2 N–H and O–H groups in total. The maximum Gasteiger partial charge on any atom is 0.316 e. The molecule has 1 aromatic rings. The predicted molar refractivity (Wildman–Crippen MR) is 64.2 cm³/mol. The molecule has 0 saturated heterocycles. The van der Waals surface area contributed by atoms with Crippen molar-refractivity contribution in [2.24, 2.45) is 5.73 Å². The molecule has 0 atom stereocenters. The van der Waals surface area contributed by atoms with Crippen molar-refractivity contribution in [3.8, 4) is 0 Å². The Bertz CT molecular complexity index is 369. The topological polar surface area (TPSA) is 65.2 Å². The van der Waals surface area contributed by atoms with Crippen LogP contribution in [0.5, 0.6) is 0 Å². The van der Waals surface area contributed by atoms with Gasteiger partial charge in [-0.25, -0.2) is 4.98 Å². The molecule has 1 aromatic heterocycles. The van der Waals surface area contributed by atoms with Crippen LogP contribution in [0.15, 0.2) is 17.3 Å². The molecule has 4 nitrogen and oxygen atoms in total. The van der Waals surface area contributed by atoms with Gasteiger partial charge in [-0.1, -0.05) is 17.8 Å². The first-order valence-electron chi connectivity index (χ1n) is 5.11. The summed E-state index contributed by atoms with van der Waals surface area (Å²) >= 11 is 1.39. The van der Waals surface area contributed by atoms with Crippen LogP contribution >= 0.6 is 11.8 Å². The fourth-order valence-corrected chi connectivity index (χ4v) is 1.96. The number of esters is 1. The lowest BCUT2D eigenvalue weighted by molar-refractivity contribution is -0.139. The molecule has 1 rings (SSSR count). The summed E-state index contributed by atoms with van der Waals surface area (Å²) in [6, 6.07) is 1.99. The smallest absolute Gasteiger partial charge is 0.316 e. The van der Waals surface area contributed by atoms with Crippen LogP contribution in [-0.2, 0) is 16.1 Å². The van der Waals surface area contributed by atoms with Gasteiger partial charge >= 0.3 is 5.97 Å². The van der Waals surface area contributed by atoms with Gasteiger partial charge in [0.05, 0.1) is 17.4 Å². The second kappa shape index (κ2) is 6.50. The van der Waals surface area contributed by atoms with Crippen molar-refractivity contribution >= 4 is 17.7 Å². The second-order valence-electron chi connectivity index (χ2n) is 3.26.